The van der Waals surface area contributed by atoms with Crippen LogP contribution in [0.4, 0.5) is 0 Å². The van der Waals surface area contributed by atoms with Crippen LogP contribution >= 0.6 is 23.2 Å². The standard InChI is InChI=1S/C33H46Cl2N2O7/c1-7-36(8-2,21-31(38)41-11-5)13-15-43-29-19-25-23(17-27(29)34)24-18-28(35)30(20-26(24)33(25)40)44-16-14-37(9-3,10-4)22-32(39)42-12-6/h17-20H,7-16,21-22H2,1-6H3/q+2. The van der Waals surface area contributed by atoms with Gasteiger partial charge < -0.3 is 27.9 Å². The highest BCUT2D eigenvalue weighted by molar-refractivity contribution is 6.35. The number of carbonyl (C=O) groups excluding carboxylic acids is 3. The minimum atomic E-state index is -0.233. The summed E-state index contributed by atoms with van der Waals surface area (Å²) in [6, 6.07) is 6.82. The maximum absolute atomic E-state index is 13.5. The molecule has 0 fully saturated rings. The zero-order chi connectivity index (χ0) is 32.5. The summed E-state index contributed by atoms with van der Waals surface area (Å²) in [6.45, 7) is 17.8. The van der Waals surface area contributed by atoms with Crippen LogP contribution in [0.5, 0.6) is 11.5 Å². The van der Waals surface area contributed by atoms with Crippen molar-refractivity contribution < 1.29 is 42.3 Å². The van der Waals surface area contributed by atoms with Gasteiger partial charge in [-0.15, -0.1) is 0 Å². The Morgan fingerprint density at radius 3 is 1.30 bits per heavy atom. The number of esters is 2. The number of fused-ring (bicyclic) bond motifs is 3. The molecule has 3 rings (SSSR count). The zero-order valence-electron chi connectivity index (χ0n) is 26.8. The highest BCUT2D eigenvalue weighted by Gasteiger charge is 2.32. The lowest BCUT2D eigenvalue weighted by Gasteiger charge is -2.35. The predicted octanol–water partition coefficient (Wildman–Crippen LogP) is 5.80. The largest absolute Gasteiger partial charge is 0.486 e. The number of halogens is 2. The van der Waals surface area contributed by atoms with Crippen molar-refractivity contribution in [2.45, 2.75) is 41.5 Å². The fourth-order valence-electron chi connectivity index (χ4n) is 5.64. The lowest BCUT2D eigenvalue weighted by atomic mass is 10.1. The van der Waals surface area contributed by atoms with Crippen LogP contribution in [0, 0.1) is 0 Å². The van der Waals surface area contributed by atoms with Gasteiger partial charge in [0.15, 0.2) is 18.9 Å². The van der Waals surface area contributed by atoms with Crippen LogP contribution in [0.1, 0.15) is 57.5 Å². The number of nitrogens with zero attached hydrogens (tertiary/aromatic N) is 2. The molecule has 0 amide bonds. The van der Waals surface area contributed by atoms with Crippen molar-refractivity contribution in [1.29, 1.82) is 0 Å². The Bertz CT molecular complexity index is 1240. The third-order valence-electron chi connectivity index (χ3n) is 8.79. The molecule has 0 bridgehead atoms. The van der Waals surface area contributed by atoms with Gasteiger partial charge in [-0.2, -0.15) is 0 Å². The number of hydrogen-bond donors (Lipinski definition) is 0. The molecule has 1 aliphatic rings. The van der Waals surface area contributed by atoms with Crippen molar-refractivity contribution in [2.24, 2.45) is 0 Å². The van der Waals surface area contributed by atoms with Gasteiger partial charge in [-0.05, 0) is 76.9 Å². The predicted molar refractivity (Wildman–Crippen MR) is 172 cm³/mol. The van der Waals surface area contributed by atoms with Crippen molar-refractivity contribution in [3.05, 3.63) is 45.4 Å². The number of quaternary nitrogens is 2. The zero-order valence-corrected chi connectivity index (χ0v) is 28.3. The van der Waals surface area contributed by atoms with Gasteiger partial charge in [0.2, 0.25) is 0 Å². The SMILES string of the molecule is CCOC(=O)C[N+](CC)(CC)CCOc1cc2c(cc1Cl)-c1cc(Cl)c(OCC[N+](CC)(CC)CC(=O)OCC)cc1C2=O. The third kappa shape index (κ3) is 8.24. The van der Waals surface area contributed by atoms with Crippen LogP contribution < -0.4 is 9.47 Å². The molecular formula is C33H46Cl2N2O7+2. The first-order valence-corrected chi connectivity index (χ1v) is 16.3. The minimum absolute atomic E-state index is 0.165. The molecule has 0 heterocycles. The van der Waals surface area contributed by atoms with Gasteiger partial charge in [0.1, 0.15) is 37.8 Å². The molecule has 0 saturated heterocycles. The highest BCUT2D eigenvalue weighted by Crippen LogP contribution is 2.45. The molecule has 0 spiro atoms. The summed E-state index contributed by atoms with van der Waals surface area (Å²) in [4.78, 5) is 37.9. The fraction of sp³-hybridized carbons (Fsp3) is 0.545. The second-order valence-electron chi connectivity index (χ2n) is 11.0. The summed E-state index contributed by atoms with van der Waals surface area (Å²) >= 11 is 13.2. The molecule has 2 aromatic rings. The van der Waals surface area contributed by atoms with Crippen LogP contribution in [0.25, 0.3) is 11.1 Å². The number of ether oxygens (including phenoxy) is 4. The number of ketones is 1. The molecule has 11 heteroatoms. The highest BCUT2D eigenvalue weighted by atomic mass is 35.5. The van der Waals surface area contributed by atoms with E-state index in [1.807, 2.05) is 27.7 Å². The molecule has 44 heavy (non-hydrogen) atoms. The van der Waals surface area contributed by atoms with E-state index in [-0.39, 0.29) is 30.8 Å². The molecule has 0 saturated carbocycles. The Kier molecular flexibility index (Phi) is 12.9. The lowest BCUT2D eigenvalue weighted by Crippen LogP contribution is -2.53. The molecule has 0 unspecified atom stereocenters. The first-order valence-electron chi connectivity index (χ1n) is 15.5. The third-order valence-corrected chi connectivity index (χ3v) is 9.38. The Morgan fingerprint density at radius 1 is 0.614 bits per heavy atom. The van der Waals surface area contributed by atoms with Crippen LogP contribution in [-0.4, -0.2) is 105 Å². The van der Waals surface area contributed by atoms with Crippen molar-refractivity contribution in [1.82, 2.24) is 0 Å². The van der Waals surface area contributed by atoms with E-state index >= 15 is 0 Å². The van der Waals surface area contributed by atoms with E-state index in [1.165, 1.54) is 0 Å². The Hall–Kier alpha value is -2.85. The summed E-state index contributed by atoms with van der Waals surface area (Å²) in [6.07, 6.45) is 0. The average Bonchev–Trinajstić information content (AvgIpc) is 3.25. The van der Waals surface area contributed by atoms with E-state index in [9.17, 15) is 14.4 Å². The topological polar surface area (TPSA) is 88.1 Å². The van der Waals surface area contributed by atoms with Crippen molar-refractivity contribution >= 4 is 40.9 Å². The summed E-state index contributed by atoms with van der Waals surface area (Å²) in [5.74, 6) is 0.184. The van der Waals surface area contributed by atoms with E-state index in [0.717, 1.165) is 26.2 Å². The van der Waals surface area contributed by atoms with E-state index in [4.69, 9.17) is 42.1 Å². The van der Waals surface area contributed by atoms with E-state index in [1.54, 1.807) is 38.1 Å². The number of hydrogen-bond acceptors (Lipinski definition) is 7. The summed E-state index contributed by atoms with van der Waals surface area (Å²) in [7, 11) is 0. The maximum Gasteiger partial charge on any atom is 0.361 e. The van der Waals surface area contributed by atoms with Crippen LogP contribution in [-0.2, 0) is 19.1 Å². The van der Waals surface area contributed by atoms with Crippen LogP contribution in [0.3, 0.4) is 0 Å². The first kappa shape index (κ1) is 35.6. The summed E-state index contributed by atoms with van der Waals surface area (Å²) < 4.78 is 23.5. The number of likely N-dealkylation sites (N-methyl/N-ethyl adjacent to an activating group) is 2. The summed E-state index contributed by atoms with van der Waals surface area (Å²) in [5, 5.41) is 0.763. The molecule has 0 N–H and O–H groups in total. The van der Waals surface area contributed by atoms with Gasteiger partial charge in [-0.3, -0.25) is 4.79 Å². The molecule has 0 radical (unpaired) electrons. The van der Waals surface area contributed by atoms with Gasteiger partial charge in [0.05, 0.1) is 49.4 Å². The quantitative estimate of drug-likeness (QED) is 0.127. The number of benzene rings is 2. The normalized spacial score (nSPS) is 12.5. The van der Waals surface area contributed by atoms with Crippen molar-refractivity contribution in [3.63, 3.8) is 0 Å². The second kappa shape index (κ2) is 15.9. The van der Waals surface area contributed by atoms with Gasteiger partial charge in [-0.1, -0.05) is 23.2 Å². The Morgan fingerprint density at radius 2 is 0.977 bits per heavy atom. The fourth-order valence-corrected chi connectivity index (χ4v) is 6.08. The molecule has 9 nitrogen and oxygen atoms in total. The average molecular weight is 654 g/mol. The van der Waals surface area contributed by atoms with E-state index < -0.39 is 0 Å². The van der Waals surface area contributed by atoms with Gasteiger partial charge in [0, 0.05) is 11.1 Å². The van der Waals surface area contributed by atoms with Crippen LogP contribution in [0.2, 0.25) is 10.0 Å². The van der Waals surface area contributed by atoms with E-state index in [0.29, 0.717) is 92.3 Å². The molecule has 242 valence electrons. The molecule has 1 aliphatic carbocycles. The van der Waals surface area contributed by atoms with Crippen LogP contribution in [0.15, 0.2) is 24.3 Å². The molecule has 0 atom stereocenters. The summed E-state index contributed by atoms with van der Waals surface area (Å²) in [5.41, 5.74) is 2.33. The van der Waals surface area contributed by atoms with Crippen molar-refractivity contribution in [2.75, 3.05) is 78.8 Å². The maximum atomic E-state index is 13.5. The number of rotatable bonds is 18. The van der Waals surface area contributed by atoms with Crippen molar-refractivity contribution in [3.8, 4) is 22.6 Å². The molecule has 0 aliphatic heterocycles. The van der Waals surface area contributed by atoms with Gasteiger partial charge >= 0.3 is 11.9 Å². The molecular weight excluding hydrogens is 607 g/mol. The van der Waals surface area contributed by atoms with Gasteiger partial charge in [0.25, 0.3) is 0 Å². The smallest absolute Gasteiger partial charge is 0.361 e. The number of carbonyl (C=O) groups is 3. The second-order valence-corrected chi connectivity index (χ2v) is 11.8. The molecule has 2 aromatic carbocycles. The molecule has 0 aromatic heterocycles. The van der Waals surface area contributed by atoms with Gasteiger partial charge in [-0.25, -0.2) is 9.59 Å². The minimum Gasteiger partial charge on any atom is -0.486 e. The Balaban J connectivity index is 1.73. The first-order chi connectivity index (χ1) is 21.0. The monoisotopic (exact) mass is 652 g/mol. The van der Waals surface area contributed by atoms with E-state index in [2.05, 4.69) is 0 Å². The Labute approximate surface area is 271 Å². The lowest BCUT2D eigenvalue weighted by molar-refractivity contribution is -0.918.